The van der Waals surface area contributed by atoms with E-state index in [1.807, 2.05) is 0 Å². The molecule has 3 nitrogen and oxygen atoms in total. The molecule has 0 aromatic heterocycles. The van der Waals surface area contributed by atoms with Crippen LogP contribution in [0.3, 0.4) is 0 Å². The summed E-state index contributed by atoms with van der Waals surface area (Å²) in [6.45, 7) is 0. The highest BCUT2D eigenvalue weighted by Gasteiger charge is 2.36. The van der Waals surface area contributed by atoms with E-state index in [9.17, 15) is 13.2 Å². The number of hydrogen-bond donors (Lipinski definition) is 0. The van der Waals surface area contributed by atoms with Crippen LogP contribution in [0.1, 0.15) is 19.3 Å². The van der Waals surface area contributed by atoms with E-state index in [1.165, 1.54) is 6.07 Å². The van der Waals surface area contributed by atoms with Crippen molar-refractivity contribution in [3.8, 4) is 0 Å². The Kier molecular flexibility index (Phi) is 3.17. The maximum Gasteiger partial charge on any atom is 0.188 e. The van der Waals surface area contributed by atoms with Crippen molar-refractivity contribution in [2.24, 2.45) is 0 Å². The largest absolute Gasteiger partial charge is 0.298 e. The van der Waals surface area contributed by atoms with Gasteiger partial charge in [-0.3, -0.25) is 4.79 Å². The van der Waals surface area contributed by atoms with Gasteiger partial charge in [0.1, 0.15) is 5.25 Å². The Balaban J connectivity index is 2.43. The van der Waals surface area contributed by atoms with Gasteiger partial charge in [0, 0.05) is 10.9 Å². The van der Waals surface area contributed by atoms with E-state index in [-0.39, 0.29) is 10.7 Å². The minimum absolute atomic E-state index is 0.153. The van der Waals surface area contributed by atoms with Crippen molar-refractivity contribution in [2.45, 2.75) is 29.4 Å². The van der Waals surface area contributed by atoms with Crippen molar-refractivity contribution in [2.75, 3.05) is 0 Å². The number of rotatable bonds is 2. The average Bonchev–Trinajstić information content (AvgIpc) is 2.65. The van der Waals surface area contributed by atoms with Gasteiger partial charge in [-0.1, -0.05) is 22.0 Å². The average molecular weight is 303 g/mol. The molecule has 1 aliphatic carbocycles. The summed E-state index contributed by atoms with van der Waals surface area (Å²) in [6, 6.07) is 6.50. The summed E-state index contributed by atoms with van der Waals surface area (Å²) in [6.07, 6.45) is 1.52. The molecule has 1 aromatic rings. The first-order chi connectivity index (χ1) is 7.51. The number of hydrogen-bond acceptors (Lipinski definition) is 3. The molecule has 2 rings (SSSR count). The number of halogens is 1. The van der Waals surface area contributed by atoms with E-state index < -0.39 is 15.1 Å². The standard InChI is InChI=1S/C11H11BrO3S/c12-8-3-1-4-9(7-8)16(14,15)11-6-2-5-10(11)13/h1,3-4,7,11H,2,5-6H2. The monoisotopic (exact) mass is 302 g/mol. The minimum Gasteiger partial charge on any atom is -0.298 e. The molecule has 0 amide bonds. The van der Waals surface area contributed by atoms with Crippen LogP contribution in [0, 0.1) is 0 Å². The van der Waals surface area contributed by atoms with Crippen molar-refractivity contribution < 1.29 is 13.2 Å². The maximum atomic E-state index is 12.2. The maximum absolute atomic E-state index is 12.2. The molecule has 1 fully saturated rings. The zero-order chi connectivity index (χ0) is 11.8. The molecule has 1 aliphatic rings. The van der Waals surface area contributed by atoms with E-state index >= 15 is 0 Å². The van der Waals surface area contributed by atoms with E-state index in [2.05, 4.69) is 15.9 Å². The lowest BCUT2D eigenvalue weighted by atomic mass is 10.3. The summed E-state index contributed by atoms with van der Waals surface area (Å²) in [5.74, 6) is -0.153. The first kappa shape index (κ1) is 11.8. The van der Waals surface area contributed by atoms with Gasteiger partial charge in [0.05, 0.1) is 4.90 Å². The van der Waals surface area contributed by atoms with Crippen LogP contribution in [0.15, 0.2) is 33.6 Å². The van der Waals surface area contributed by atoms with Crippen LogP contribution < -0.4 is 0 Å². The van der Waals surface area contributed by atoms with Crippen LogP contribution in [-0.2, 0) is 14.6 Å². The van der Waals surface area contributed by atoms with E-state index in [4.69, 9.17) is 0 Å². The van der Waals surface area contributed by atoms with Gasteiger partial charge in [-0.15, -0.1) is 0 Å². The SMILES string of the molecule is O=C1CCCC1S(=O)(=O)c1cccc(Br)c1. The normalized spacial score (nSPS) is 21.3. The third-order valence-corrected chi connectivity index (χ3v) is 5.40. The molecule has 1 saturated carbocycles. The second-order valence-electron chi connectivity index (χ2n) is 3.85. The molecule has 0 spiro atoms. The molecule has 0 bridgehead atoms. The molecule has 16 heavy (non-hydrogen) atoms. The molecule has 0 heterocycles. The Hall–Kier alpha value is -0.680. The third-order valence-electron chi connectivity index (χ3n) is 2.75. The van der Waals surface area contributed by atoms with Gasteiger partial charge in [-0.05, 0) is 31.0 Å². The van der Waals surface area contributed by atoms with Crippen molar-refractivity contribution in [1.82, 2.24) is 0 Å². The Bertz CT molecular complexity index is 522. The summed E-state index contributed by atoms with van der Waals surface area (Å²) in [7, 11) is -3.49. The zero-order valence-electron chi connectivity index (χ0n) is 8.52. The van der Waals surface area contributed by atoms with Crippen molar-refractivity contribution in [1.29, 1.82) is 0 Å². The Morgan fingerprint density at radius 2 is 2.06 bits per heavy atom. The van der Waals surface area contributed by atoms with Gasteiger partial charge >= 0.3 is 0 Å². The van der Waals surface area contributed by atoms with Gasteiger partial charge in [0.15, 0.2) is 15.6 Å². The highest BCUT2D eigenvalue weighted by molar-refractivity contribution is 9.10. The smallest absolute Gasteiger partial charge is 0.188 e. The fourth-order valence-electron chi connectivity index (χ4n) is 1.92. The summed E-state index contributed by atoms with van der Waals surface area (Å²) in [5, 5.41) is -0.832. The molecule has 5 heteroatoms. The Morgan fingerprint density at radius 3 is 2.62 bits per heavy atom. The molecule has 86 valence electrons. The second-order valence-corrected chi connectivity index (χ2v) is 6.90. The van der Waals surface area contributed by atoms with Gasteiger partial charge in [-0.25, -0.2) is 8.42 Å². The number of carbonyl (C=O) groups is 1. The summed E-state index contributed by atoms with van der Waals surface area (Å²) >= 11 is 3.23. The van der Waals surface area contributed by atoms with Crippen LogP contribution in [0.25, 0.3) is 0 Å². The van der Waals surface area contributed by atoms with E-state index in [1.54, 1.807) is 18.2 Å². The minimum atomic E-state index is -3.49. The summed E-state index contributed by atoms with van der Waals surface area (Å²) in [5.41, 5.74) is 0. The van der Waals surface area contributed by atoms with Gasteiger partial charge in [-0.2, -0.15) is 0 Å². The van der Waals surface area contributed by atoms with Crippen molar-refractivity contribution in [3.05, 3.63) is 28.7 Å². The van der Waals surface area contributed by atoms with Gasteiger partial charge in [0.2, 0.25) is 0 Å². The number of benzene rings is 1. The lowest BCUT2D eigenvalue weighted by Gasteiger charge is -2.10. The number of ketones is 1. The van der Waals surface area contributed by atoms with Gasteiger partial charge < -0.3 is 0 Å². The molecule has 0 saturated heterocycles. The quantitative estimate of drug-likeness (QED) is 0.842. The predicted molar refractivity (Wildman–Crippen MR) is 64.0 cm³/mol. The topological polar surface area (TPSA) is 51.2 Å². The molecule has 0 radical (unpaired) electrons. The molecule has 1 atom stereocenters. The molecule has 1 unspecified atom stereocenters. The first-order valence-electron chi connectivity index (χ1n) is 5.04. The van der Waals surface area contributed by atoms with Gasteiger partial charge in [0.25, 0.3) is 0 Å². The third kappa shape index (κ3) is 2.06. The number of sulfone groups is 1. The van der Waals surface area contributed by atoms with E-state index in [0.717, 1.165) is 0 Å². The van der Waals surface area contributed by atoms with Crippen LogP contribution in [0.4, 0.5) is 0 Å². The first-order valence-corrected chi connectivity index (χ1v) is 7.38. The Labute approximate surface area is 103 Å². The van der Waals surface area contributed by atoms with Crippen LogP contribution in [-0.4, -0.2) is 19.5 Å². The zero-order valence-corrected chi connectivity index (χ0v) is 10.9. The van der Waals surface area contributed by atoms with Crippen LogP contribution >= 0.6 is 15.9 Å². The van der Waals surface area contributed by atoms with Crippen LogP contribution in [0.5, 0.6) is 0 Å². The fourth-order valence-corrected chi connectivity index (χ4v) is 4.30. The summed E-state index contributed by atoms with van der Waals surface area (Å²) < 4.78 is 25.0. The second kappa shape index (κ2) is 4.30. The fraction of sp³-hybridized carbons (Fsp3) is 0.364. The lowest BCUT2D eigenvalue weighted by Crippen LogP contribution is -2.25. The molecule has 0 aliphatic heterocycles. The molecule has 0 N–H and O–H groups in total. The molecular weight excluding hydrogens is 292 g/mol. The molecule has 1 aromatic carbocycles. The highest BCUT2D eigenvalue weighted by atomic mass is 79.9. The van der Waals surface area contributed by atoms with Crippen molar-refractivity contribution in [3.63, 3.8) is 0 Å². The molecular formula is C11H11BrO3S. The number of carbonyl (C=O) groups excluding carboxylic acids is 1. The van der Waals surface area contributed by atoms with Crippen LogP contribution in [0.2, 0.25) is 0 Å². The predicted octanol–water partition coefficient (Wildman–Crippen LogP) is 2.34. The lowest BCUT2D eigenvalue weighted by molar-refractivity contribution is -0.117. The highest BCUT2D eigenvalue weighted by Crippen LogP contribution is 2.28. The van der Waals surface area contributed by atoms with Crippen molar-refractivity contribution >= 4 is 31.6 Å². The van der Waals surface area contributed by atoms with E-state index in [0.29, 0.717) is 23.7 Å². The number of Topliss-reactive ketones (excluding diaryl/α,β-unsaturated/α-hetero) is 1. The summed E-state index contributed by atoms with van der Waals surface area (Å²) in [4.78, 5) is 11.7. The Morgan fingerprint density at radius 1 is 1.31 bits per heavy atom.